The van der Waals surface area contributed by atoms with Gasteiger partial charge in [-0.05, 0) is 42.7 Å². The number of rotatable bonds is 7. The van der Waals surface area contributed by atoms with E-state index >= 15 is 0 Å². The molecule has 1 rings (SSSR count). The fourth-order valence-electron chi connectivity index (χ4n) is 1.73. The molecule has 1 aromatic carbocycles. The predicted molar refractivity (Wildman–Crippen MR) is 80.4 cm³/mol. The number of hydrogen-bond donors (Lipinski definition) is 1. The molecule has 0 spiro atoms. The zero-order chi connectivity index (χ0) is 14.3. The van der Waals surface area contributed by atoms with Crippen molar-refractivity contribution in [2.24, 2.45) is 5.73 Å². The van der Waals surface area contributed by atoms with Crippen LogP contribution in [0.5, 0.6) is 11.5 Å². The summed E-state index contributed by atoms with van der Waals surface area (Å²) in [5, 5.41) is 0. The number of nitrogens with two attached hydrogens (primary N) is 1. The SMILES string of the molecule is CCc1cc(OCC=C(Cl)Cl)cc(C)c1OCCN. The lowest BCUT2D eigenvalue weighted by atomic mass is 10.1. The number of aryl methyl sites for hydroxylation is 2. The highest BCUT2D eigenvalue weighted by molar-refractivity contribution is 6.55. The summed E-state index contributed by atoms with van der Waals surface area (Å²) in [7, 11) is 0. The summed E-state index contributed by atoms with van der Waals surface area (Å²) in [5.74, 6) is 1.67. The summed E-state index contributed by atoms with van der Waals surface area (Å²) in [6.07, 6.45) is 2.47. The lowest BCUT2D eigenvalue weighted by molar-refractivity contribution is 0.320. The highest BCUT2D eigenvalue weighted by Crippen LogP contribution is 2.29. The molecule has 19 heavy (non-hydrogen) atoms. The Morgan fingerprint density at radius 2 is 2.05 bits per heavy atom. The van der Waals surface area contributed by atoms with Gasteiger partial charge in [0.1, 0.15) is 29.2 Å². The third-order valence-electron chi connectivity index (χ3n) is 2.56. The van der Waals surface area contributed by atoms with Crippen molar-refractivity contribution in [1.82, 2.24) is 0 Å². The molecule has 0 aliphatic heterocycles. The van der Waals surface area contributed by atoms with E-state index in [9.17, 15) is 0 Å². The van der Waals surface area contributed by atoms with Gasteiger partial charge in [-0.3, -0.25) is 0 Å². The van der Waals surface area contributed by atoms with Gasteiger partial charge in [0, 0.05) is 6.54 Å². The highest BCUT2D eigenvalue weighted by Gasteiger charge is 2.09. The quantitative estimate of drug-likeness (QED) is 0.837. The lowest BCUT2D eigenvalue weighted by Crippen LogP contribution is -2.12. The van der Waals surface area contributed by atoms with E-state index in [2.05, 4.69) is 6.92 Å². The summed E-state index contributed by atoms with van der Waals surface area (Å²) in [6.45, 7) is 5.41. The minimum Gasteiger partial charge on any atom is -0.492 e. The van der Waals surface area contributed by atoms with Gasteiger partial charge in [-0.15, -0.1) is 0 Å². The normalized spacial score (nSPS) is 10.2. The standard InChI is InChI=1S/C14H19Cl2NO2/c1-3-11-9-12(18-6-4-13(15)16)8-10(2)14(11)19-7-5-17/h4,8-9H,3,5-7,17H2,1-2H3. The van der Waals surface area contributed by atoms with Crippen molar-refractivity contribution in [3.05, 3.63) is 33.8 Å². The molecular weight excluding hydrogens is 285 g/mol. The molecule has 0 saturated carbocycles. The molecule has 2 N–H and O–H groups in total. The van der Waals surface area contributed by atoms with Gasteiger partial charge >= 0.3 is 0 Å². The third kappa shape index (κ3) is 5.31. The molecule has 0 unspecified atom stereocenters. The van der Waals surface area contributed by atoms with Crippen LogP contribution in [0.1, 0.15) is 18.1 Å². The molecule has 0 atom stereocenters. The van der Waals surface area contributed by atoms with Gasteiger partial charge in [-0.2, -0.15) is 0 Å². The number of hydrogen-bond acceptors (Lipinski definition) is 3. The molecule has 0 aromatic heterocycles. The van der Waals surface area contributed by atoms with E-state index in [0.717, 1.165) is 29.0 Å². The van der Waals surface area contributed by atoms with E-state index in [4.69, 9.17) is 38.4 Å². The summed E-state index contributed by atoms with van der Waals surface area (Å²) < 4.78 is 11.4. The van der Waals surface area contributed by atoms with E-state index in [1.807, 2.05) is 19.1 Å². The van der Waals surface area contributed by atoms with E-state index in [0.29, 0.717) is 19.8 Å². The largest absolute Gasteiger partial charge is 0.492 e. The van der Waals surface area contributed by atoms with E-state index in [1.165, 1.54) is 0 Å². The van der Waals surface area contributed by atoms with Crippen LogP contribution in [0, 0.1) is 6.92 Å². The maximum atomic E-state index is 5.67. The van der Waals surface area contributed by atoms with Crippen LogP contribution in [-0.4, -0.2) is 19.8 Å². The Labute approximate surface area is 124 Å². The third-order valence-corrected chi connectivity index (χ3v) is 2.87. The second-order valence-electron chi connectivity index (χ2n) is 4.02. The molecule has 0 radical (unpaired) electrons. The Bertz CT molecular complexity index is 443. The first-order chi connectivity index (χ1) is 9.08. The predicted octanol–water partition coefficient (Wildman–Crippen LogP) is 3.59. The molecule has 0 heterocycles. The van der Waals surface area contributed by atoms with Crippen LogP contribution < -0.4 is 15.2 Å². The zero-order valence-electron chi connectivity index (χ0n) is 11.2. The van der Waals surface area contributed by atoms with Crippen molar-refractivity contribution in [1.29, 1.82) is 0 Å². The van der Waals surface area contributed by atoms with Crippen LogP contribution in [-0.2, 0) is 6.42 Å². The second-order valence-corrected chi connectivity index (χ2v) is 5.03. The van der Waals surface area contributed by atoms with Crippen molar-refractivity contribution in [2.75, 3.05) is 19.8 Å². The molecule has 1 aromatic rings. The van der Waals surface area contributed by atoms with Gasteiger partial charge in [0.05, 0.1) is 0 Å². The average molecular weight is 304 g/mol. The minimum atomic E-state index is 0.204. The zero-order valence-corrected chi connectivity index (χ0v) is 12.7. The highest BCUT2D eigenvalue weighted by atomic mass is 35.5. The van der Waals surface area contributed by atoms with E-state index in [1.54, 1.807) is 6.08 Å². The maximum Gasteiger partial charge on any atom is 0.125 e. The van der Waals surface area contributed by atoms with Gasteiger partial charge in [0.25, 0.3) is 0 Å². The summed E-state index contributed by atoms with van der Waals surface area (Å²) in [4.78, 5) is 0. The fourth-order valence-corrected chi connectivity index (χ4v) is 1.85. The van der Waals surface area contributed by atoms with Crippen LogP contribution in [0.4, 0.5) is 0 Å². The molecule has 0 saturated heterocycles. The maximum absolute atomic E-state index is 5.67. The van der Waals surface area contributed by atoms with Gasteiger partial charge in [-0.1, -0.05) is 30.1 Å². The van der Waals surface area contributed by atoms with Crippen molar-refractivity contribution in [3.63, 3.8) is 0 Å². The Balaban J connectivity index is 2.86. The number of ether oxygens (including phenoxy) is 2. The van der Waals surface area contributed by atoms with Crippen LogP contribution in [0.25, 0.3) is 0 Å². The molecule has 3 nitrogen and oxygen atoms in total. The second kappa shape index (κ2) is 8.31. The Kier molecular flexibility index (Phi) is 7.06. The topological polar surface area (TPSA) is 44.5 Å². The van der Waals surface area contributed by atoms with Crippen molar-refractivity contribution in [2.45, 2.75) is 20.3 Å². The van der Waals surface area contributed by atoms with Crippen LogP contribution in [0.3, 0.4) is 0 Å². The van der Waals surface area contributed by atoms with Crippen molar-refractivity contribution < 1.29 is 9.47 Å². The molecule has 0 fully saturated rings. The molecule has 5 heteroatoms. The van der Waals surface area contributed by atoms with E-state index in [-0.39, 0.29) is 4.49 Å². The van der Waals surface area contributed by atoms with Gasteiger partial charge < -0.3 is 15.2 Å². The van der Waals surface area contributed by atoms with Crippen LogP contribution in [0.2, 0.25) is 0 Å². The molecular formula is C14H19Cl2NO2. The first-order valence-corrected chi connectivity index (χ1v) is 6.94. The fraction of sp³-hybridized carbons (Fsp3) is 0.429. The first-order valence-electron chi connectivity index (χ1n) is 6.18. The molecule has 0 aliphatic rings. The Hall–Kier alpha value is -0.900. The average Bonchev–Trinajstić information content (AvgIpc) is 2.36. The van der Waals surface area contributed by atoms with Gasteiger partial charge in [-0.25, -0.2) is 0 Å². The van der Waals surface area contributed by atoms with Crippen molar-refractivity contribution >= 4 is 23.2 Å². The molecule has 0 bridgehead atoms. The monoisotopic (exact) mass is 303 g/mol. The van der Waals surface area contributed by atoms with Gasteiger partial charge in [0.2, 0.25) is 0 Å². The van der Waals surface area contributed by atoms with Crippen LogP contribution >= 0.6 is 23.2 Å². The summed E-state index contributed by atoms with van der Waals surface area (Å²) in [5.41, 5.74) is 7.59. The number of benzene rings is 1. The summed E-state index contributed by atoms with van der Waals surface area (Å²) in [6, 6.07) is 3.90. The summed E-state index contributed by atoms with van der Waals surface area (Å²) >= 11 is 11.1. The van der Waals surface area contributed by atoms with Crippen LogP contribution in [0.15, 0.2) is 22.7 Å². The van der Waals surface area contributed by atoms with Crippen molar-refractivity contribution in [3.8, 4) is 11.5 Å². The molecule has 106 valence electrons. The Morgan fingerprint density at radius 1 is 1.32 bits per heavy atom. The molecule has 0 aliphatic carbocycles. The smallest absolute Gasteiger partial charge is 0.125 e. The number of halogens is 2. The lowest BCUT2D eigenvalue weighted by Gasteiger charge is -2.15. The molecule has 0 amide bonds. The Morgan fingerprint density at radius 3 is 2.63 bits per heavy atom. The van der Waals surface area contributed by atoms with Gasteiger partial charge in [0.15, 0.2) is 0 Å². The van der Waals surface area contributed by atoms with E-state index < -0.39 is 0 Å². The minimum absolute atomic E-state index is 0.204. The first kappa shape index (κ1) is 16.2.